The summed E-state index contributed by atoms with van der Waals surface area (Å²) in [5.74, 6) is 0. The summed E-state index contributed by atoms with van der Waals surface area (Å²) in [6.45, 7) is 4.57. The van der Waals surface area contributed by atoms with E-state index in [4.69, 9.17) is 13.2 Å². The van der Waals surface area contributed by atoms with Crippen molar-refractivity contribution >= 4 is 48.0 Å². The second kappa shape index (κ2) is 10.0. The summed E-state index contributed by atoms with van der Waals surface area (Å²) in [5, 5.41) is 0. The standard InChI is InChI=1S/C7H15.Na.3H2O.O.Sb/c1-3-5-7-6-4-2;;;;;;/h5H,3-4,6-7H2,1-2H3;;3*1H2;;/q;;;;;;+3/p-3. The van der Waals surface area contributed by atoms with Gasteiger partial charge >= 0.3 is 104 Å². The molecule has 0 aromatic heterocycles. The zero-order valence-electron chi connectivity index (χ0n) is 8.60. The minimum absolute atomic E-state index is 1.09. The SMILES string of the molecule is CCCC[CH]([Na])CC.[O]=[Sb]([OH])([OH])[OH]. The van der Waals surface area contributed by atoms with E-state index in [2.05, 4.69) is 13.8 Å². The Morgan fingerprint density at radius 1 is 1.31 bits per heavy atom. The third-order valence-electron chi connectivity index (χ3n) is 1.75. The first-order valence-corrected chi connectivity index (χ1v) is 10.2. The summed E-state index contributed by atoms with van der Waals surface area (Å²) in [5.41, 5.74) is 0. The third-order valence-corrected chi connectivity index (χ3v) is 3.14. The van der Waals surface area contributed by atoms with Gasteiger partial charge in [-0.1, -0.05) is 0 Å². The monoisotopic (exact) mass is 310 g/mol. The van der Waals surface area contributed by atoms with Crippen molar-refractivity contribution in [3.8, 4) is 0 Å². The molecule has 0 radical (unpaired) electrons. The molecule has 0 heterocycles. The van der Waals surface area contributed by atoms with Crippen molar-refractivity contribution in [3.63, 3.8) is 0 Å². The average molecular weight is 311 g/mol. The molecule has 1 unspecified atom stereocenters. The fraction of sp³-hybridized carbons (Fsp3) is 1.00. The van der Waals surface area contributed by atoms with Crippen LogP contribution in [0.5, 0.6) is 0 Å². The maximum absolute atomic E-state index is 8.97. The van der Waals surface area contributed by atoms with E-state index in [-0.39, 0.29) is 0 Å². The van der Waals surface area contributed by atoms with Crippen LogP contribution in [0.4, 0.5) is 0 Å². The quantitative estimate of drug-likeness (QED) is 0.656. The van der Waals surface area contributed by atoms with E-state index in [0.29, 0.717) is 0 Å². The molecular formula is C7H18NaO4Sb. The van der Waals surface area contributed by atoms with Gasteiger partial charge in [0.1, 0.15) is 0 Å². The van der Waals surface area contributed by atoms with Gasteiger partial charge in [0.25, 0.3) is 0 Å². The van der Waals surface area contributed by atoms with Gasteiger partial charge in [0.05, 0.1) is 0 Å². The van der Waals surface area contributed by atoms with Gasteiger partial charge in [-0.15, -0.1) is 0 Å². The number of hydrogen-bond acceptors (Lipinski definition) is 1. The zero-order valence-corrected chi connectivity index (χ0v) is 13.2. The predicted molar refractivity (Wildman–Crippen MR) is 52.4 cm³/mol. The predicted octanol–water partition coefficient (Wildman–Crippen LogP) is 0.373. The van der Waals surface area contributed by atoms with E-state index in [1.165, 1.54) is 53.6 Å². The van der Waals surface area contributed by atoms with Crippen LogP contribution in [0.15, 0.2) is 0 Å². The topological polar surface area (TPSA) is 77.8 Å². The second-order valence-corrected chi connectivity index (χ2v) is 7.73. The van der Waals surface area contributed by atoms with Crippen LogP contribution in [0.2, 0.25) is 3.17 Å². The molecule has 76 valence electrons. The van der Waals surface area contributed by atoms with Gasteiger partial charge in [-0.25, -0.2) is 0 Å². The maximum atomic E-state index is 8.97. The van der Waals surface area contributed by atoms with Crippen molar-refractivity contribution in [1.82, 2.24) is 0 Å². The first kappa shape index (κ1) is 16.9. The van der Waals surface area contributed by atoms with Crippen LogP contribution in [0.25, 0.3) is 0 Å². The Morgan fingerprint density at radius 2 is 1.69 bits per heavy atom. The Bertz CT molecular complexity index is 139. The van der Waals surface area contributed by atoms with Crippen molar-refractivity contribution < 1.29 is 13.2 Å². The summed E-state index contributed by atoms with van der Waals surface area (Å²) >= 11 is -3.95. The van der Waals surface area contributed by atoms with Crippen molar-refractivity contribution in [2.75, 3.05) is 0 Å². The molecule has 0 aliphatic carbocycles. The van der Waals surface area contributed by atoms with Crippen LogP contribution in [-0.4, -0.2) is 58.1 Å². The molecule has 0 aromatic rings. The first-order valence-electron chi connectivity index (χ1n) is 4.59. The minimum atomic E-state index is -5.35. The Kier molecular flexibility index (Phi) is 13.0. The number of unbranched alkanes of at least 4 members (excludes halogenated alkanes) is 1. The molecule has 4 nitrogen and oxygen atoms in total. The summed E-state index contributed by atoms with van der Waals surface area (Å²) < 4.78 is 31.9. The van der Waals surface area contributed by atoms with Crippen molar-refractivity contribution in [2.45, 2.75) is 42.7 Å². The Hall–Kier alpha value is 1.50. The van der Waals surface area contributed by atoms with Crippen LogP contribution in [0.1, 0.15) is 39.5 Å². The summed E-state index contributed by atoms with van der Waals surface area (Å²) in [4.78, 5) is 0. The van der Waals surface area contributed by atoms with Gasteiger partial charge in [-0.05, 0) is 0 Å². The van der Waals surface area contributed by atoms with Crippen LogP contribution in [0.3, 0.4) is 0 Å². The van der Waals surface area contributed by atoms with Gasteiger partial charge in [0.2, 0.25) is 0 Å². The van der Waals surface area contributed by atoms with Gasteiger partial charge < -0.3 is 0 Å². The molecule has 6 heteroatoms. The normalized spacial score (nSPS) is 13.2. The molecule has 0 amide bonds. The van der Waals surface area contributed by atoms with Crippen molar-refractivity contribution in [3.05, 3.63) is 0 Å². The Morgan fingerprint density at radius 3 is 1.92 bits per heavy atom. The molecule has 0 saturated carbocycles. The Balaban J connectivity index is 0. The molecule has 0 aliphatic heterocycles. The van der Waals surface area contributed by atoms with Crippen LogP contribution in [-0.2, 0) is 3.02 Å². The van der Waals surface area contributed by atoms with E-state index < -0.39 is 20.1 Å². The van der Waals surface area contributed by atoms with E-state index >= 15 is 0 Å². The van der Waals surface area contributed by atoms with Gasteiger partial charge in [0, 0.05) is 0 Å². The van der Waals surface area contributed by atoms with Gasteiger partial charge in [0.15, 0.2) is 0 Å². The zero-order chi connectivity index (χ0) is 10.9. The summed E-state index contributed by atoms with van der Waals surface area (Å²) in [6, 6.07) is 0. The molecule has 0 aliphatic rings. The van der Waals surface area contributed by atoms with E-state index in [1.807, 2.05) is 0 Å². The van der Waals surface area contributed by atoms with Gasteiger partial charge in [-0.3, -0.25) is 0 Å². The van der Waals surface area contributed by atoms with Crippen LogP contribution >= 0.6 is 0 Å². The van der Waals surface area contributed by atoms with E-state index in [1.54, 1.807) is 0 Å². The molecule has 0 fully saturated rings. The number of hydrogen-bond donors (Lipinski definition) is 3. The molecule has 13 heavy (non-hydrogen) atoms. The molecule has 0 rings (SSSR count). The average Bonchev–Trinajstić information content (AvgIpc) is 1.97. The fourth-order valence-electron chi connectivity index (χ4n) is 0.757. The Labute approximate surface area is 103 Å². The molecular weight excluding hydrogens is 293 g/mol. The summed E-state index contributed by atoms with van der Waals surface area (Å²) in [7, 11) is 0. The molecule has 0 saturated heterocycles. The third kappa shape index (κ3) is 31.7. The van der Waals surface area contributed by atoms with E-state index in [0.717, 1.165) is 3.17 Å². The van der Waals surface area contributed by atoms with Crippen LogP contribution in [0, 0.1) is 0 Å². The van der Waals surface area contributed by atoms with Crippen LogP contribution < -0.4 is 0 Å². The fourth-order valence-corrected chi connectivity index (χ4v) is 1.16. The molecule has 0 bridgehead atoms. The van der Waals surface area contributed by atoms with Crippen molar-refractivity contribution in [2.24, 2.45) is 0 Å². The summed E-state index contributed by atoms with van der Waals surface area (Å²) in [6.07, 6.45) is 5.71. The molecule has 0 spiro atoms. The van der Waals surface area contributed by atoms with Crippen molar-refractivity contribution in [1.29, 1.82) is 0 Å². The molecule has 0 aromatic carbocycles. The van der Waals surface area contributed by atoms with E-state index in [9.17, 15) is 0 Å². The second-order valence-electron chi connectivity index (χ2n) is 3.17. The molecule has 3 N–H and O–H groups in total. The number of rotatable bonds is 4. The molecule has 1 atom stereocenters. The first-order chi connectivity index (χ1) is 5.81. The van der Waals surface area contributed by atoms with Gasteiger partial charge in [-0.2, -0.15) is 0 Å².